The first-order chi connectivity index (χ1) is 11.2. The largest absolute Gasteiger partial charge is 0.497 e. The van der Waals surface area contributed by atoms with Gasteiger partial charge in [-0.15, -0.1) is 0 Å². The molecule has 3 rings (SSSR count). The number of carbonyl (C=O) groups is 2. The molecule has 0 saturated carbocycles. The van der Waals surface area contributed by atoms with Crippen molar-refractivity contribution < 1.29 is 19.1 Å². The first-order valence-corrected chi connectivity index (χ1v) is 7.09. The van der Waals surface area contributed by atoms with Gasteiger partial charge in [0.05, 0.1) is 12.7 Å². The zero-order valence-electron chi connectivity index (χ0n) is 12.5. The highest BCUT2D eigenvalue weighted by molar-refractivity contribution is 6.03. The summed E-state index contributed by atoms with van der Waals surface area (Å²) in [6, 6.07) is 12.5. The van der Waals surface area contributed by atoms with Crippen molar-refractivity contribution in [1.82, 2.24) is 0 Å². The second kappa shape index (κ2) is 6.36. The van der Waals surface area contributed by atoms with E-state index in [1.807, 2.05) is 24.3 Å². The number of esters is 1. The van der Waals surface area contributed by atoms with Crippen molar-refractivity contribution in [3.63, 3.8) is 0 Å². The first kappa shape index (κ1) is 14.8. The Balaban J connectivity index is 1.66. The SMILES string of the molecule is COc1ccc(C=CC(=O)Nc2ccc3c(c2)C(=O)OC3)cc1. The summed E-state index contributed by atoms with van der Waals surface area (Å²) >= 11 is 0. The molecule has 1 N–H and O–H groups in total. The average molecular weight is 309 g/mol. The Bertz CT molecular complexity index is 778. The van der Waals surface area contributed by atoms with E-state index in [9.17, 15) is 9.59 Å². The lowest BCUT2D eigenvalue weighted by atomic mass is 10.1. The predicted molar refractivity (Wildman–Crippen MR) is 86.2 cm³/mol. The fourth-order valence-corrected chi connectivity index (χ4v) is 2.26. The number of hydrogen-bond acceptors (Lipinski definition) is 4. The van der Waals surface area contributed by atoms with Crippen LogP contribution in [0.15, 0.2) is 48.5 Å². The molecule has 0 unspecified atom stereocenters. The Labute approximate surface area is 133 Å². The van der Waals surface area contributed by atoms with Gasteiger partial charge < -0.3 is 14.8 Å². The Morgan fingerprint density at radius 3 is 2.74 bits per heavy atom. The minimum atomic E-state index is -0.357. The second-order valence-electron chi connectivity index (χ2n) is 5.04. The van der Waals surface area contributed by atoms with Crippen LogP contribution in [0, 0.1) is 0 Å². The van der Waals surface area contributed by atoms with Crippen molar-refractivity contribution >= 4 is 23.6 Å². The Morgan fingerprint density at radius 1 is 1.22 bits per heavy atom. The molecule has 5 nitrogen and oxygen atoms in total. The summed E-state index contributed by atoms with van der Waals surface area (Å²) in [5.41, 5.74) is 2.79. The minimum absolute atomic E-state index is 0.271. The topological polar surface area (TPSA) is 64.6 Å². The smallest absolute Gasteiger partial charge is 0.338 e. The minimum Gasteiger partial charge on any atom is -0.497 e. The van der Waals surface area contributed by atoms with Crippen LogP contribution in [-0.2, 0) is 16.1 Å². The van der Waals surface area contributed by atoms with E-state index in [2.05, 4.69) is 5.32 Å². The molecule has 0 fully saturated rings. The molecule has 5 heteroatoms. The number of hydrogen-bond donors (Lipinski definition) is 1. The highest BCUT2D eigenvalue weighted by Crippen LogP contribution is 2.23. The van der Waals surface area contributed by atoms with Crippen LogP contribution >= 0.6 is 0 Å². The third-order valence-electron chi connectivity index (χ3n) is 3.50. The van der Waals surface area contributed by atoms with Crippen LogP contribution in [0.3, 0.4) is 0 Å². The number of anilines is 1. The number of ether oxygens (including phenoxy) is 2. The predicted octanol–water partition coefficient (Wildman–Crippen LogP) is 3.02. The molecule has 1 heterocycles. The van der Waals surface area contributed by atoms with Gasteiger partial charge in [0, 0.05) is 17.3 Å². The standard InChI is InChI=1S/C18H15NO4/c1-22-15-7-2-12(3-8-15)4-9-17(20)19-14-6-5-13-11-23-18(21)16(13)10-14/h2-10H,11H2,1H3,(H,19,20). The van der Waals surface area contributed by atoms with E-state index in [4.69, 9.17) is 9.47 Å². The Morgan fingerprint density at radius 2 is 2.00 bits per heavy atom. The monoisotopic (exact) mass is 309 g/mol. The van der Waals surface area contributed by atoms with Crippen molar-refractivity contribution in [2.45, 2.75) is 6.61 Å². The molecule has 0 saturated heterocycles. The summed E-state index contributed by atoms with van der Waals surface area (Å²) in [5.74, 6) is 0.133. The van der Waals surface area contributed by atoms with Gasteiger partial charge in [0.1, 0.15) is 12.4 Å². The number of amides is 1. The van der Waals surface area contributed by atoms with Gasteiger partial charge in [-0.2, -0.15) is 0 Å². The van der Waals surface area contributed by atoms with Gasteiger partial charge in [0.25, 0.3) is 0 Å². The average Bonchev–Trinajstić information content (AvgIpc) is 2.94. The van der Waals surface area contributed by atoms with Crippen molar-refractivity contribution in [1.29, 1.82) is 0 Å². The fraction of sp³-hybridized carbons (Fsp3) is 0.111. The van der Waals surface area contributed by atoms with Crippen LogP contribution in [0.1, 0.15) is 21.5 Å². The lowest BCUT2D eigenvalue weighted by Gasteiger charge is -2.03. The van der Waals surface area contributed by atoms with Gasteiger partial charge in [0.2, 0.25) is 5.91 Å². The van der Waals surface area contributed by atoms with Gasteiger partial charge >= 0.3 is 5.97 Å². The van der Waals surface area contributed by atoms with E-state index in [0.717, 1.165) is 16.9 Å². The normalized spacial score (nSPS) is 12.8. The maximum atomic E-state index is 12.0. The van der Waals surface area contributed by atoms with Crippen LogP contribution in [0.2, 0.25) is 0 Å². The summed E-state index contributed by atoms with van der Waals surface area (Å²) in [6.45, 7) is 0.291. The lowest BCUT2D eigenvalue weighted by Crippen LogP contribution is -2.08. The highest BCUT2D eigenvalue weighted by Gasteiger charge is 2.21. The van der Waals surface area contributed by atoms with E-state index in [1.54, 1.807) is 31.4 Å². The number of methoxy groups -OCH3 is 1. The lowest BCUT2D eigenvalue weighted by molar-refractivity contribution is -0.111. The maximum absolute atomic E-state index is 12.0. The molecule has 0 atom stereocenters. The van der Waals surface area contributed by atoms with Gasteiger partial charge in [-0.25, -0.2) is 4.79 Å². The molecule has 0 spiro atoms. The van der Waals surface area contributed by atoms with Crippen molar-refractivity contribution in [2.75, 3.05) is 12.4 Å². The zero-order chi connectivity index (χ0) is 16.2. The Hall–Kier alpha value is -3.08. The summed E-state index contributed by atoms with van der Waals surface area (Å²) in [5, 5.41) is 2.73. The van der Waals surface area contributed by atoms with Crippen LogP contribution in [0.5, 0.6) is 5.75 Å². The van der Waals surface area contributed by atoms with E-state index in [0.29, 0.717) is 17.9 Å². The van der Waals surface area contributed by atoms with Crippen LogP contribution < -0.4 is 10.1 Å². The number of nitrogens with one attached hydrogen (secondary N) is 1. The highest BCUT2D eigenvalue weighted by atomic mass is 16.5. The molecule has 0 aromatic heterocycles. The Kier molecular flexibility index (Phi) is 4.10. The van der Waals surface area contributed by atoms with Crippen LogP contribution in [0.25, 0.3) is 6.08 Å². The molecule has 0 aliphatic carbocycles. The maximum Gasteiger partial charge on any atom is 0.338 e. The van der Waals surface area contributed by atoms with E-state index < -0.39 is 0 Å². The third kappa shape index (κ3) is 3.40. The molecule has 0 bridgehead atoms. The number of cyclic esters (lactones) is 1. The zero-order valence-corrected chi connectivity index (χ0v) is 12.5. The first-order valence-electron chi connectivity index (χ1n) is 7.09. The molecule has 1 aliphatic heterocycles. The van der Waals surface area contributed by atoms with Gasteiger partial charge in [-0.05, 0) is 35.9 Å². The molecule has 116 valence electrons. The number of benzene rings is 2. The second-order valence-corrected chi connectivity index (χ2v) is 5.04. The molecule has 1 aliphatic rings. The molecule has 1 amide bonds. The number of rotatable bonds is 4. The van der Waals surface area contributed by atoms with Gasteiger partial charge in [0.15, 0.2) is 0 Å². The summed E-state index contributed by atoms with van der Waals surface area (Å²) < 4.78 is 10.0. The molecule has 2 aromatic carbocycles. The van der Waals surface area contributed by atoms with Crippen molar-refractivity contribution in [3.05, 3.63) is 65.2 Å². The molecule has 0 radical (unpaired) electrons. The quantitative estimate of drug-likeness (QED) is 0.696. The van der Waals surface area contributed by atoms with Crippen molar-refractivity contribution in [3.8, 4) is 5.75 Å². The summed E-state index contributed by atoms with van der Waals surface area (Å²) in [6.07, 6.45) is 3.14. The fourth-order valence-electron chi connectivity index (χ4n) is 2.26. The summed E-state index contributed by atoms with van der Waals surface area (Å²) in [7, 11) is 1.60. The molecule has 23 heavy (non-hydrogen) atoms. The van der Waals surface area contributed by atoms with Crippen LogP contribution in [0.4, 0.5) is 5.69 Å². The molecule has 2 aromatic rings. The van der Waals surface area contributed by atoms with Crippen molar-refractivity contribution in [2.24, 2.45) is 0 Å². The third-order valence-corrected chi connectivity index (χ3v) is 3.50. The van der Waals surface area contributed by atoms with E-state index in [1.165, 1.54) is 6.08 Å². The van der Waals surface area contributed by atoms with E-state index in [-0.39, 0.29) is 11.9 Å². The summed E-state index contributed by atoms with van der Waals surface area (Å²) in [4.78, 5) is 23.5. The number of carbonyl (C=O) groups excluding carboxylic acids is 2. The molecular formula is C18H15NO4. The number of fused-ring (bicyclic) bond motifs is 1. The van der Waals surface area contributed by atoms with Gasteiger partial charge in [-0.3, -0.25) is 4.79 Å². The van der Waals surface area contributed by atoms with E-state index >= 15 is 0 Å². The van der Waals surface area contributed by atoms with Gasteiger partial charge in [-0.1, -0.05) is 18.2 Å². The van der Waals surface area contributed by atoms with Crippen LogP contribution in [-0.4, -0.2) is 19.0 Å². The molecular weight excluding hydrogens is 294 g/mol.